The Morgan fingerprint density at radius 2 is 2.11 bits per heavy atom. The summed E-state index contributed by atoms with van der Waals surface area (Å²) in [6.07, 6.45) is 1.97. The van der Waals surface area contributed by atoms with Gasteiger partial charge in [-0.15, -0.1) is 0 Å². The van der Waals surface area contributed by atoms with Gasteiger partial charge in [0, 0.05) is 11.6 Å². The van der Waals surface area contributed by atoms with E-state index in [2.05, 4.69) is 0 Å². The molecule has 4 heteroatoms. The Kier molecular flexibility index (Phi) is 4.48. The Balaban J connectivity index is 2.22. The van der Waals surface area contributed by atoms with Crippen LogP contribution in [0.3, 0.4) is 0 Å². The molecule has 0 spiro atoms. The highest BCUT2D eigenvalue weighted by Crippen LogP contribution is 2.36. The summed E-state index contributed by atoms with van der Waals surface area (Å²) in [7, 11) is 0. The number of amides is 1. The summed E-state index contributed by atoms with van der Waals surface area (Å²) in [6, 6.07) is 7.39. The Morgan fingerprint density at radius 3 is 2.74 bits per heavy atom. The van der Waals surface area contributed by atoms with E-state index in [0.29, 0.717) is 0 Å². The van der Waals surface area contributed by atoms with Gasteiger partial charge < -0.3 is 10.6 Å². The molecule has 104 valence electrons. The number of likely N-dealkylation sites (tertiary alicyclic amines) is 1. The minimum absolute atomic E-state index is 0.0393. The van der Waals surface area contributed by atoms with Crippen molar-refractivity contribution in [1.82, 2.24) is 4.90 Å². The number of rotatable bonds is 3. The fourth-order valence-corrected chi connectivity index (χ4v) is 2.84. The van der Waals surface area contributed by atoms with Crippen LogP contribution in [0.2, 0.25) is 5.02 Å². The van der Waals surface area contributed by atoms with Gasteiger partial charge in [-0.25, -0.2) is 0 Å². The molecular formula is C15H21ClN2O. The molecule has 0 saturated carbocycles. The Hall–Kier alpha value is -1.06. The van der Waals surface area contributed by atoms with E-state index in [0.717, 1.165) is 30.0 Å². The number of hydrogen-bond donors (Lipinski definition) is 1. The van der Waals surface area contributed by atoms with E-state index in [1.54, 1.807) is 0 Å². The summed E-state index contributed by atoms with van der Waals surface area (Å²) in [5.41, 5.74) is 7.03. The second-order valence-electron chi connectivity index (χ2n) is 5.48. The Bertz CT molecular complexity index is 461. The van der Waals surface area contributed by atoms with Gasteiger partial charge in [-0.1, -0.05) is 43.6 Å². The monoisotopic (exact) mass is 280 g/mol. The van der Waals surface area contributed by atoms with E-state index in [-0.39, 0.29) is 17.9 Å². The maximum atomic E-state index is 12.4. The van der Waals surface area contributed by atoms with Crippen molar-refractivity contribution in [3.8, 4) is 0 Å². The largest absolute Gasteiger partial charge is 0.334 e. The van der Waals surface area contributed by atoms with Gasteiger partial charge in [0.25, 0.3) is 0 Å². The third-order valence-electron chi connectivity index (χ3n) is 3.80. The second kappa shape index (κ2) is 5.93. The Labute approximate surface area is 119 Å². The van der Waals surface area contributed by atoms with Crippen LogP contribution in [0.5, 0.6) is 0 Å². The predicted octanol–water partition coefficient (Wildman–Crippen LogP) is 2.99. The zero-order chi connectivity index (χ0) is 14.0. The van der Waals surface area contributed by atoms with Crippen molar-refractivity contribution in [2.75, 3.05) is 6.54 Å². The summed E-state index contributed by atoms with van der Waals surface area (Å²) in [5.74, 6) is 0.192. The molecule has 0 radical (unpaired) electrons. The first kappa shape index (κ1) is 14.4. The molecule has 2 rings (SSSR count). The number of nitrogens with two attached hydrogens (primary N) is 1. The zero-order valence-electron chi connectivity index (χ0n) is 11.5. The van der Waals surface area contributed by atoms with Crippen LogP contribution < -0.4 is 5.73 Å². The molecule has 1 aliphatic rings. The van der Waals surface area contributed by atoms with E-state index in [9.17, 15) is 4.79 Å². The van der Waals surface area contributed by atoms with Crippen molar-refractivity contribution in [3.05, 3.63) is 34.9 Å². The van der Waals surface area contributed by atoms with Gasteiger partial charge in [0.1, 0.15) is 0 Å². The summed E-state index contributed by atoms with van der Waals surface area (Å²) in [5, 5.41) is 0.727. The lowest BCUT2D eigenvalue weighted by atomic mass is 10.0. The summed E-state index contributed by atoms with van der Waals surface area (Å²) in [4.78, 5) is 14.3. The average Bonchev–Trinajstić information content (AvgIpc) is 2.86. The standard InChI is InChI=1S/C15H21ClN2O/c1-10(2)14(17)15(19)18-9-5-8-13(18)11-6-3-4-7-12(11)16/h3-4,6-7,10,13-14H,5,8-9,17H2,1-2H3. The van der Waals surface area contributed by atoms with Crippen LogP contribution in [-0.2, 0) is 4.79 Å². The second-order valence-corrected chi connectivity index (χ2v) is 5.89. The van der Waals surface area contributed by atoms with Gasteiger partial charge in [-0.2, -0.15) is 0 Å². The minimum atomic E-state index is -0.428. The maximum absolute atomic E-state index is 12.4. The maximum Gasteiger partial charge on any atom is 0.240 e. The molecule has 1 saturated heterocycles. The van der Waals surface area contributed by atoms with Crippen LogP contribution in [0.4, 0.5) is 0 Å². The predicted molar refractivity (Wildman–Crippen MR) is 78.0 cm³/mol. The molecule has 0 bridgehead atoms. The highest BCUT2D eigenvalue weighted by molar-refractivity contribution is 6.31. The fourth-order valence-electron chi connectivity index (χ4n) is 2.58. The highest BCUT2D eigenvalue weighted by atomic mass is 35.5. The topological polar surface area (TPSA) is 46.3 Å². The number of hydrogen-bond acceptors (Lipinski definition) is 2. The summed E-state index contributed by atoms with van der Waals surface area (Å²) in [6.45, 7) is 4.72. The van der Waals surface area contributed by atoms with E-state index >= 15 is 0 Å². The van der Waals surface area contributed by atoms with Crippen molar-refractivity contribution in [2.45, 2.75) is 38.8 Å². The summed E-state index contributed by atoms with van der Waals surface area (Å²) < 4.78 is 0. The quantitative estimate of drug-likeness (QED) is 0.925. The number of nitrogens with zero attached hydrogens (tertiary/aromatic N) is 1. The molecule has 1 aromatic carbocycles. The number of halogens is 1. The molecule has 3 nitrogen and oxygen atoms in total. The lowest BCUT2D eigenvalue weighted by Gasteiger charge is -2.29. The first-order chi connectivity index (χ1) is 9.02. The smallest absolute Gasteiger partial charge is 0.240 e. The molecular weight excluding hydrogens is 260 g/mol. The minimum Gasteiger partial charge on any atom is -0.334 e. The first-order valence-electron chi connectivity index (χ1n) is 6.83. The number of benzene rings is 1. The van der Waals surface area contributed by atoms with Crippen LogP contribution in [0.1, 0.15) is 38.3 Å². The van der Waals surface area contributed by atoms with Gasteiger partial charge in [-0.05, 0) is 30.4 Å². The zero-order valence-corrected chi connectivity index (χ0v) is 12.2. The van der Waals surface area contributed by atoms with E-state index < -0.39 is 6.04 Å². The van der Waals surface area contributed by atoms with Gasteiger partial charge in [0.2, 0.25) is 5.91 Å². The van der Waals surface area contributed by atoms with Crippen LogP contribution >= 0.6 is 11.6 Å². The molecule has 1 amide bonds. The molecule has 0 aromatic heterocycles. The van der Waals surface area contributed by atoms with Gasteiger partial charge in [0.05, 0.1) is 12.1 Å². The highest BCUT2D eigenvalue weighted by Gasteiger charge is 2.34. The molecule has 1 fully saturated rings. The van der Waals surface area contributed by atoms with Crippen LogP contribution in [0, 0.1) is 5.92 Å². The van der Waals surface area contributed by atoms with Crippen LogP contribution in [0.25, 0.3) is 0 Å². The molecule has 1 aliphatic heterocycles. The van der Waals surface area contributed by atoms with Crippen molar-refractivity contribution in [1.29, 1.82) is 0 Å². The summed E-state index contributed by atoms with van der Waals surface area (Å²) >= 11 is 6.25. The molecule has 19 heavy (non-hydrogen) atoms. The lowest BCUT2D eigenvalue weighted by molar-refractivity contribution is -0.134. The molecule has 2 atom stereocenters. The molecule has 1 heterocycles. The molecule has 0 aliphatic carbocycles. The molecule has 1 aromatic rings. The SMILES string of the molecule is CC(C)C(N)C(=O)N1CCCC1c1ccccc1Cl. The van der Waals surface area contributed by atoms with Gasteiger partial charge in [0.15, 0.2) is 0 Å². The number of carbonyl (C=O) groups is 1. The molecule has 2 N–H and O–H groups in total. The van der Waals surface area contributed by atoms with Crippen LogP contribution in [0.15, 0.2) is 24.3 Å². The van der Waals surface area contributed by atoms with Crippen molar-refractivity contribution >= 4 is 17.5 Å². The van der Waals surface area contributed by atoms with Crippen LogP contribution in [-0.4, -0.2) is 23.4 Å². The van der Waals surface area contributed by atoms with E-state index in [4.69, 9.17) is 17.3 Å². The average molecular weight is 281 g/mol. The normalized spacial score (nSPS) is 20.9. The first-order valence-corrected chi connectivity index (χ1v) is 7.20. The third kappa shape index (κ3) is 2.93. The van der Waals surface area contributed by atoms with E-state index in [1.165, 1.54) is 0 Å². The van der Waals surface area contributed by atoms with Crippen molar-refractivity contribution in [3.63, 3.8) is 0 Å². The van der Waals surface area contributed by atoms with E-state index in [1.807, 2.05) is 43.0 Å². The third-order valence-corrected chi connectivity index (χ3v) is 4.15. The lowest BCUT2D eigenvalue weighted by Crippen LogP contribution is -2.46. The van der Waals surface area contributed by atoms with Crippen molar-refractivity contribution in [2.24, 2.45) is 11.7 Å². The molecule has 2 unspecified atom stereocenters. The van der Waals surface area contributed by atoms with Gasteiger partial charge in [-0.3, -0.25) is 4.79 Å². The fraction of sp³-hybridized carbons (Fsp3) is 0.533. The van der Waals surface area contributed by atoms with Crippen molar-refractivity contribution < 1.29 is 4.79 Å². The van der Waals surface area contributed by atoms with Gasteiger partial charge >= 0.3 is 0 Å². The Morgan fingerprint density at radius 1 is 1.42 bits per heavy atom. The number of carbonyl (C=O) groups excluding carboxylic acids is 1.